The molecule has 7 nitrogen and oxygen atoms in total. The summed E-state index contributed by atoms with van der Waals surface area (Å²) in [7, 11) is 0. The number of aromatic nitrogens is 4. The van der Waals surface area contributed by atoms with Gasteiger partial charge in [0.15, 0.2) is 67.9 Å². The lowest BCUT2D eigenvalue weighted by atomic mass is 10.5. The maximum absolute atomic E-state index is 13.7. The third kappa shape index (κ3) is 3.39. The van der Waals surface area contributed by atoms with Crippen molar-refractivity contribution in [1.29, 1.82) is 0 Å². The van der Waals surface area contributed by atoms with Crippen LogP contribution in [0.4, 0.5) is 0 Å². The van der Waals surface area contributed by atoms with Crippen LogP contribution in [0.15, 0.2) is 97.0 Å². The largest absolute Gasteiger partial charge is 0.339 e. The SMILES string of the molecule is O=c1n(-c2ccsc2)c2c(n1-c1ccsc1)S[N+]1(S2)Sc2c(n(-c3ccsc3)c(=O)n2-c2ccsc2)S1. The average Bonchev–Trinajstić information content (AvgIpc) is 3.68. The molecule has 15 heteroatoms. The van der Waals surface area contributed by atoms with Crippen LogP contribution >= 0.6 is 93.1 Å². The molecule has 6 aromatic rings. The van der Waals surface area contributed by atoms with Gasteiger partial charge in [-0.05, 0) is 45.8 Å². The zero-order valence-corrected chi connectivity index (χ0v) is 24.8. The molecule has 0 fully saturated rings. The maximum Gasteiger partial charge on any atom is 0.339 e. The zero-order chi connectivity index (χ0) is 24.7. The molecule has 2 aliphatic rings. The van der Waals surface area contributed by atoms with Crippen LogP contribution in [-0.2, 0) is 0 Å². The standard InChI is InChI=1S/C22H12N5O2S8/c28-21-23(13-1-5-30-9-13)17-18(24(21)14-2-6-31-10-14)35-27(34-17)36-19-20(37-27)26(16-4-8-33-12-16)22(29)25(19)15-3-7-32-11-15/h1-12H/q+1. The topological polar surface area (TPSA) is 53.9 Å². The number of rotatable bonds is 4. The Morgan fingerprint density at radius 1 is 0.459 bits per heavy atom. The fraction of sp³-hybridized carbons (Fsp3) is 0. The summed E-state index contributed by atoms with van der Waals surface area (Å²) in [5, 5.41) is 19.6. The van der Waals surface area contributed by atoms with Gasteiger partial charge in [-0.3, -0.25) is 0 Å². The Bertz CT molecular complexity index is 1600. The second-order valence-electron chi connectivity index (χ2n) is 7.87. The van der Waals surface area contributed by atoms with Gasteiger partial charge in [-0.2, -0.15) is 45.3 Å². The molecule has 0 N–H and O–H groups in total. The van der Waals surface area contributed by atoms with Crippen LogP contribution in [-0.4, -0.2) is 20.4 Å². The summed E-state index contributed by atoms with van der Waals surface area (Å²) < 4.78 is 7.71. The molecule has 2 aliphatic heterocycles. The molecule has 1 spiro atoms. The normalized spacial score (nSPS) is 15.6. The number of hydrogen-bond donors (Lipinski definition) is 0. The quantitative estimate of drug-likeness (QED) is 0.149. The molecule has 0 unspecified atom stereocenters. The van der Waals surface area contributed by atoms with Crippen LogP contribution in [0.5, 0.6) is 0 Å². The van der Waals surface area contributed by atoms with Crippen molar-refractivity contribution in [2.75, 3.05) is 0 Å². The Hall–Kier alpha value is -1.82. The molecule has 0 saturated carbocycles. The van der Waals surface area contributed by atoms with Crippen molar-refractivity contribution in [2.24, 2.45) is 0 Å². The smallest absolute Gasteiger partial charge is 0.248 e. The van der Waals surface area contributed by atoms with E-state index in [1.54, 1.807) is 93.1 Å². The third-order valence-corrected chi connectivity index (χ3v) is 14.5. The Morgan fingerprint density at radius 2 is 0.730 bits per heavy atom. The molecule has 184 valence electrons. The second-order valence-corrected chi connectivity index (χ2v) is 16.8. The summed E-state index contributed by atoms with van der Waals surface area (Å²) in [4.78, 5) is 27.4. The van der Waals surface area contributed by atoms with E-state index in [0.717, 1.165) is 42.9 Å². The number of hydrogen-bond acceptors (Lipinski definition) is 10. The highest BCUT2D eigenvalue weighted by atomic mass is 32.3. The van der Waals surface area contributed by atoms with Crippen molar-refractivity contribution in [3.63, 3.8) is 0 Å². The van der Waals surface area contributed by atoms with Crippen LogP contribution in [0.3, 0.4) is 0 Å². The first kappa shape index (κ1) is 23.1. The van der Waals surface area contributed by atoms with Crippen LogP contribution in [0, 0.1) is 0 Å². The Morgan fingerprint density at radius 3 is 0.946 bits per heavy atom. The van der Waals surface area contributed by atoms with Gasteiger partial charge in [0.05, 0.1) is 22.7 Å². The highest BCUT2D eigenvalue weighted by molar-refractivity contribution is 8.31. The summed E-state index contributed by atoms with van der Waals surface area (Å²) in [6.45, 7) is 0. The van der Waals surface area contributed by atoms with Crippen molar-refractivity contribution in [2.45, 2.75) is 20.1 Å². The number of nitrogens with zero attached hydrogens (tertiary/aromatic N) is 5. The van der Waals surface area contributed by atoms with E-state index in [0.29, 0.717) is 2.10 Å². The van der Waals surface area contributed by atoms with E-state index in [-0.39, 0.29) is 11.4 Å². The molecule has 0 bridgehead atoms. The molecular weight excluding hydrogens is 623 g/mol. The highest BCUT2D eigenvalue weighted by Crippen LogP contribution is 2.71. The van der Waals surface area contributed by atoms with Gasteiger partial charge in [-0.15, -0.1) is 0 Å². The van der Waals surface area contributed by atoms with Gasteiger partial charge in [0, 0.05) is 21.5 Å². The van der Waals surface area contributed by atoms with E-state index in [9.17, 15) is 9.59 Å². The molecule has 8 heterocycles. The molecule has 0 radical (unpaired) electrons. The number of fused-ring (bicyclic) bond motifs is 2. The molecule has 0 aromatic carbocycles. The van der Waals surface area contributed by atoms with Gasteiger partial charge >= 0.3 is 11.4 Å². The van der Waals surface area contributed by atoms with E-state index >= 15 is 0 Å². The van der Waals surface area contributed by atoms with Gasteiger partial charge in [-0.25, -0.2) is 27.9 Å². The molecule has 6 aromatic heterocycles. The summed E-state index contributed by atoms with van der Waals surface area (Å²) in [5.41, 5.74) is 3.36. The first-order valence-electron chi connectivity index (χ1n) is 10.7. The van der Waals surface area contributed by atoms with Gasteiger partial charge in [0.2, 0.25) is 0 Å². The van der Waals surface area contributed by atoms with Gasteiger partial charge < -0.3 is 0 Å². The maximum atomic E-state index is 13.7. The number of imidazole rings is 2. The summed E-state index contributed by atoms with van der Waals surface area (Å²) in [6, 6.07) is 7.93. The summed E-state index contributed by atoms with van der Waals surface area (Å²) >= 11 is 12.8. The molecule has 0 saturated heterocycles. The van der Waals surface area contributed by atoms with Crippen molar-refractivity contribution in [3.05, 3.63) is 88.3 Å². The Labute approximate surface area is 242 Å². The first-order chi connectivity index (χ1) is 18.1. The van der Waals surface area contributed by atoms with E-state index in [4.69, 9.17) is 0 Å². The minimum atomic E-state index is -0.0654. The molecule has 0 amide bonds. The molecule has 8 rings (SSSR count). The second kappa shape index (κ2) is 8.59. The van der Waals surface area contributed by atoms with E-state index in [2.05, 4.69) is 0 Å². The van der Waals surface area contributed by atoms with Gasteiger partial charge in [0.1, 0.15) is 0 Å². The van der Waals surface area contributed by atoms with Crippen LogP contribution < -0.4 is 11.4 Å². The fourth-order valence-electron chi connectivity index (χ4n) is 4.23. The minimum absolute atomic E-state index is 0.0654. The summed E-state index contributed by atoms with van der Waals surface area (Å²) in [5.74, 6) is 0. The highest BCUT2D eigenvalue weighted by Gasteiger charge is 2.58. The van der Waals surface area contributed by atoms with E-state index < -0.39 is 0 Å². The Balaban J connectivity index is 1.30. The predicted octanol–water partition coefficient (Wildman–Crippen LogP) is 7.39. The fourth-order valence-corrected chi connectivity index (χ4v) is 13.2. The number of quaternary nitrogens is 1. The van der Waals surface area contributed by atoms with Gasteiger partial charge in [-0.1, -0.05) is 2.10 Å². The van der Waals surface area contributed by atoms with Crippen molar-refractivity contribution >= 4 is 93.1 Å². The predicted molar refractivity (Wildman–Crippen MR) is 158 cm³/mol. The number of thiophene rings is 4. The lowest BCUT2D eigenvalue weighted by Crippen LogP contribution is -2.25. The molecule has 37 heavy (non-hydrogen) atoms. The Kier molecular flexibility index (Phi) is 5.36. The molecular formula is C22H12N5O2S8+. The third-order valence-electron chi connectivity index (χ3n) is 5.79. The monoisotopic (exact) mass is 634 g/mol. The minimum Gasteiger partial charge on any atom is -0.248 e. The lowest BCUT2D eigenvalue weighted by Gasteiger charge is -2.17. The van der Waals surface area contributed by atoms with Crippen LogP contribution in [0.25, 0.3) is 22.7 Å². The zero-order valence-electron chi connectivity index (χ0n) is 18.2. The van der Waals surface area contributed by atoms with Gasteiger partial charge in [0.25, 0.3) is 0 Å². The van der Waals surface area contributed by atoms with Crippen LogP contribution in [0.2, 0.25) is 0 Å². The average molecular weight is 635 g/mol. The first-order valence-corrected chi connectivity index (χ1v) is 17.5. The van der Waals surface area contributed by atoms with E-state index in [1.165, 1.54) is 0 Å². The lowest BCUT2D eigenvalue weighted by molar-refractivity contribution is -0.268. The molecule has 0 aliphatic carbocycles. The van der Waals surface area contributed by atoms with Crippen molar-refractivity contribution < 1.29 is 2.10 Å². The van der Waals surface area contributed by atoms with Crippen LogP contribution in [0.1, 0.15) is 0 Å². The molecule has 0 atom stereocenters. The van der Waals surface area contributed by atoms with Crippen molar-refractivity contribution in [1.82, 2.24) is 18.3 Å². The van der Waals surface area contributed by atoms with Crippen molar-refractivity contribution in [3.8, 4) is 22.7 Å². The summed E-state index contributed by atoms with van der Waals surface area (Å²) in [6.07, 6.45) is 0. The van der Waals surface area contributed by atoms with E-state index in [1.807, 2.05) is 85.6 Å².